The number of carbonyl (C=O) groups excluding carboxylic acids is 1. The van der Waals surface area contributed by atoms with Gasteiger partial charge in [0.15, 0.2) is 0 Å². The molecule has 1 fully saturated rings. The van der Waals surface area contributed by atoms with Gasteiger partial charge in [-0.3, -0.25) is 4.79 Å². The summed E-state index contributed by atoms with van der Waals surface area (Å²) >= 11 is 0. The molecule has 0 radical (unpaired) electrons. The Labute approximate surface area is 127 Å². The zero-order valence-electron chi connectivity index (χ0n) is 13.0. The molecule has 1 amide bonds. The van der Waals surface area contributed by atoms with Gasteiger partial charge in [0.05, 0.1) is 13.2 Å². The van der Waals surface area contributed by atoms with Crippen LogP contribution >= 0.6 is 0 Å². The van der Waals surface area contributed by atoms with Gasteiger partial charge in [-0.2, -0.15) is 0 Å². The molecule has 1 aliphatic rings. The van der Waals surface area contributed by atoms with Gasteiger partial charge in [0, 0.05) is 6.42 Å². The topological polar surface area (TPSA) is 50.4 Å². The van der Waals surface area contributed by atoms with Crippen LogP contribution in [0.15, 0.2) is 24.3 Å². The van der Waals surface area contributed by atoms with Crippen LogP contribution in [0.5, 0.6) is 5.75 Å². The summed E-state index contributed by atoms with van der Waals surface area (Å²) in [5.41, 5.74) is 1.10. The summed E-state index contributed by atoms with van der Waals surface area (Å²) in [5.74, 6) is 1.63. The molecule has 4 heteroatoms. The third-order valence-corrected chi connectivity index (χ3v) is 4.17. The molecular formula is C17H26N2O2. The van der Waals surface area contributed by atoms with Gasteiger partial charge in [-0.1, -0.05) is 12.1 Å². The van der Waals surface area contributed by atoms with E-state index in [9.17, 15) is 4.79 Å². The van der Waals surface area contributed by atoms with Gasteiger partial charge in [0.1, 0.15) is 5.75 Å². The summed E-state index contributed by atoms with van der Waals surface area (Å²) in [4.78, 5) is 12.0. The van der Waals surface area contributed by atoms with E-state index in [0.29, 0.717) is 12.3 Å². The molecule has 1 aliphatic heterocycles. The normalized spacial score (nSPS) is 19.8. The van der Waals surface area contributed by atoms with E-state index in [1.165, 1.54) is 12.8 Å². The van der Waals surface area contributed by atoms with Gasteiger partial charge in [-0.15, -0.1) is 0 Å². The third-order valence-electron chi connectivity index (χ3n) is 4.17. The van der Waals surface area contributed by atoms with E-state index < -0.39 is 0 Å². The molecule has 0 aromatic heterocycles. The number of ether oxygens (including phenoxy) is 1. The number of hydrogen-bond acceptors (Lipinski definition) is 3. The number of piperidine rings is 1. The van der Waals surface area contributed by atoms with Crippen LogP contribution in [0.3, 0.4) is 0 Å². The molecule has 1 saturated heterocycles. The van der Waals surface area contributed by atoms with Crippen molar-refractivity contribution in [2.45, 2.75) is 38.6 Å². The molecule has 2 unspecified atom stereocenters. The number of methoxy groups -OCH3 is 1. The minimum Gasteiger partial charge on any atom is -0.497 e. The predicted octanol–water partition coefficient (Wildman–Crippen LogP) is 2.65. The van der Waals surface area contributed by atoms with E-state index in [0.717, 1.165) is 30.8 Å². The Morgan fingerprint density at radius 3 is 2.81 bits per heavy atom. The lowest BCUT2D eigenvalue weighted by Crippen LogP contribution is -2.31. The molecule has 0 spiro atoms. The fourth-order valence-corrected chi connectivity index (χ4v) is 2.80. The molecule has 0 aliphatic carbocycles. The monoisotopic (exact) mass is 290 g/mol. The number of rotatable bonds is 6. The number of hydrogen-bond donors (Lipinski definition) is 2. The van der Waals surface area contributed by atoms with Crippen molar-refractivity contribution in [1.82, 2.24) is 10.6 Å². The first-order valence-corrected chi connectivity index (χ1v) is 7.83. The van der Waals surface area contributed by atoms with E-state index >= 15 is 0 Å². The highest BCUT2D eigenvalue weighted by Gasteiger charge is 2.15. The van der Waals surface area contributed by atoms with E-state index in [1.54, 1.807) is 7.11 Å². The summed E-state index contributed by atoms with van der Waals surface area (Å²) in [6.07, 6.45) is 4.07. The van der Waals surface area contributed by atoms with E-state index in [4.69, 9.17) is 4.74 Å². The summed E-state index contributed by atoms with van der Waals surface area (Å²) in [6, 6.07) is 7.87. The first-order valence-electron chi connectivity index (χ1n) is 7.83. The van der Waals surface area contributed by atoms with Gasteiger partial charge in [-0.05, 0) is 62.9 Å². The summed E-state index contributed by atoms with van der Waals surface area (Å²) in [7, 11) is 1.65. The largest absolute Gasteiger partial charge is 0.497 e. The first-order chi connectivity index (χ1) is 10.2. The minimum atomic E-state index is 0.0351. The molecule has 1 aromatic carbocycles. The highest BCUT2D eigenvalue weighted by atomic mass is 16.5. The number of benzene rings is 1. The standard InChI is InChI=1S/C17H26N2O2/c1-13(15-6-8-16(21-2)9-7-15)19-17(20)10-5-14-4-3-11-18-12-14/h6-9,13-14,18H,3-5,10-12H2,1-2H3,(H,19,20). The van der Waals surface area contributed by atoms with Crippen LogP contribution in [0.1, 0.15) is 44.2 Å². The molecule has 21 heavy (non-hydrogen) atoms. The van der Waals surface area contributed by atoms with Crippen LogP contribution in [0, 0.1) is 5.92 Å². The maximum atomic E-state index is 12.0. The summed E-state index contributed by atoms with van der Waals surface area (Å²) in [5, 5.41) is 6.47. The van der Waals surface area contributed by atoms with E-state index in [2.05, 4.69) is 10.6 Å². The molecule has 2 rings (SSSR count). The molecule has 1 aromatic rings. The van der Waals surface area contributed by atoms with Crippen molar-refractivity contribution < 1.29 is 9.53 Å². The Morgan fingerprint density at radius 2 is 2.19 bits per heavy atom. The second-order valence-corrected chi connectivity index (χ2v) is 5.81. The van der Waals surface area contributed by atoms with Gasteiger partial charge in [0.2, 0.25) is 5.91 Å². The first kappa shape index (κ1) is 15.8. The molecule has 2 N–H and O–H groups in total. The summed E-state index contributed by atoms with van der Waals surface area (Å²) in [6.45, 7) is 4.19. The zero-order valence-corrected chi connectivity index (χ0v) is 13.0. The van der Waals surface area contributed by atoms with Crippen molar-refractivity contribution in [2.75, 3.05) is 20.2 Å². The van der Waals surface area contributed by atoms with Crippen molar-refractivity contribution >= 4 is 5.91 Å². The maximum absolute atomic E-state index is 12.0. The molecule has 0 saturated carbocycles. The fraction of sp³-hybridized carbons (Fsp3) is 0.588. The quantitative estimate of drug-likeness (QED) is 0.847. The average molecular weight is 290 g/mol. The Hall–Kier alpha value is -1.55. The Morgan fingerprint density at radius 1 is 1.43 bits per heavy atom. The highest BCUT2D eigenvalue weighted by molar-refractivity contribution is 5.76. The van der Waals surface area contributed by atoms with Crippen LogP contribution in [0.2, 0.25) is 0 Å². The van der Waals surface area contributed by atoms with Crippen molar-refractivity contribution in [2.24, 2.45) is 5.92 Å². The van der Waals surface area contributed by atoms with Gasteiger partial charge in [0.25, 0.3) is 0 Å². The lowest BCUT2D eigenvalue weighted by molar-refractivity contribution is -0.122. The van der Waals surface area contributed by atoms with Gasteiger partial charge < -0.3 is 15.4 Å². The predicted molar refractivity (Wildman–Crippen MR) is 84.4 cm³/mol. The second kappa shape index (κ2) is 8.03. The average Bonchev–Trinajstić information content (AvgIpc) is 2.54. The smallest absolute Gasteiger partial charge is 0.220 e. The highest BCUT2D eigenvalue weighted by Crippen LogP contribution is 2.19. The Balaban J connectivity index is 1.75. The summed E-state index contributed by atoms with van der Waals surface area (Å²) < 4.78 is 5.14. The van der Waals surface area contributed by atoms with Crippen molar-refractivity contribution in [3.8, 4) is 5.75 Å². The number of amides is 1. The van der Waals surface area contributed by atoms with Crippen LogP contribution in [-0.2, 0) is 4.79 Å². The third kappa shape index (κ3) is 5.05. The Kier molecular flexibility index (Phi) is 6.05. The molecule has 0 bridgehead atoms. The fourth-order valence-electron chi connectivity index (χ4n) is 2.80. The molecule has 1 heterocycles. The molecular weight excluding hydrogens is 264 g/mol. The zero-order chi connectivity index (χ0) is 15.1. The van der Waals surface area contributed by atoms with Crippen molar-refractivity contribution in [1.29, 1.82) is 0 Å². The van der Waals surface area contributed by atoms with Crippen LogP contribution in [0.4, 0.5) is 0 Å². The van der Waals surface area contributed by atoms with Gasteiger partial charge in [-0.25, -0.2) is 0 Å². The van der Waals surface area contributed by atoms with Gasteiger partial charge >= 0.3 is 0 Å². The van der Waals surface area contributed by atoms with E-state index in [1.807, 2.05) is 31.2 Å². The van der Waals surface area contributed by atoms with Crippen LogP contribution in [-0.4, -0.2) is 26.1 Å². The molecule has 4 nitrogen and oxygen atoms in total. The second-order valence-electron chi connectivity index (χ2n) is 5.81. The van der Waals surface area contributed by atoms with Crippen LogP contribution in [0.25, 0.3) is 0 Å². The maximum Gasteiger partial charge on any atom is 0.220 e. The number of carbonyl (C=O) groups is 1. The number of nitrogens with one attached hydrogen (secondary N) is 2. The minimum absolute atomic E-state index is 0.0351. The lowest BCUT2D eigenvalue weighted by Gasteiger charge is -2.22. The molecule has 116 valence electrons. The van der Waals surface area contributed by atoms with Crippen molar-refractivity contribution in [3.63, 3.8) is 0 Å². The SMILES string of the molecule is COc1ccc(C(C)NC(=O)CCC2CCCNC2)cc1. The Bertz CT molecular complexity index is 439. The van der Waals surface area contributed by atoms with Crippen molar-refractivity contribution in [3.05, 3.63) is 29.8 Å². The molecule has 2 atom stereocenters. The lowest BCUT2D eigenvalue weighted by atomic mass is 9.94. The van der Waals surface area contributed by atoms with E-state index in [-0.39, 0.29) is 11.9 Å². The van der Waals surface area contributed by atoms with Crippen LogP contribution < -0.4 is 15.4 Å².